The van der Waals surface area contributed by atoms with Crippen molar-refractivity contribution in [3.8, 4) is 0 Å². The van der Waals surface area contributed by atoms with Gasteiger partial charge in [0.1, 0.15) is 0 Å². The molecular formula is C6H7NO4S. The summed E-state index contributed by atoms with van der Waals surface area (Å²) in [5.41, 5.74) is 6.15. The molecule has 1 heterocycles. The van der Waals surface area contributed by atoms with Crippen molar-refractivity contribution in [3.05, 3.63) is 16.8 Å². The van der Waals surface area contributed by atoms with Crippen LogP contribution in [0.1, 0.15) is 0 Å². The van der Waals surface area contributed by atoms with Gasteiger partial charge in [-0.05, 0) is 11.4 Å². The summed E-state index contributed by atoms with van der Waals surface area (Å²) in [4.78, 5) is 18.2. The molecule has 0 spiro atoms. The van der Waals surface area contributed by atoms with Crippen molar-refractivity contribution in [3.63, 3.8) is 0 Å². The molecule has 1 rings (SSSR count). The number of nitrogen functional groups attached to an aromatic ring is 1. The molecule has 0 atom stereocenters. The van der Waals surface area contributed by atoms with Crippen molar-refractivity contribution in [2.75, 3.05) is 5.73 Å². The molecule has 0 aromatic carbocycles. The lowest BCUT2D eigenvalue weighted by molar-refractivity contribution is -0.159. The van der Waals surface area contributed by atoms with E-state index < -0.39 is 11.9 Å². The van der Waals surface area contributed by atoms with E-state index in [2.05, 4.69) is 0 Å². The lowest BCUT2D eigenvalue weighted by atomic mass is 10.6. The highest BCUT2D eigenvalue weighted by atomic mass is 32.1. The highest BCUT2D eigenvalue weighted by Gasteiger charge is 2.04. The zero-order chi connectivity index (χ0) is 9.56. The van der Waals surface area contributed by atoms with Crippen LogP contribution in [-0.4, -0.2) is 22.2 Å². The summed E-state index contributed by atoms with van der Waals surface area (Å²) in [6, 6.07) is 1.88. The van der Waals surface area contributed by atoms with Gasteiger partial charge in [-0.15, -0.1) is 0 Å². The number of carboxylic acid groups (broad SMARTS) is 2. The third kappa shape index (κ3) is 5.24. The number of anilines is 1. The van der Waals surface area contributed by atoms with Gasteiger partial charge in [0, 0.05) is 11.1 Å². The van der Waals surface area contributed by atoms with Crippen molar-refractivity contribution < 1.29 is 19.8 Å². The highest BCUT2D eigenvalue weighted by molar-refractivity contribution is 7.08. The first-order valence-electron chi connectivity index (χ1n) is 2.78. The van der Waals surface area contributed by atoms with Gasteiger partial charge in [0.2, 0.25) is 0 Å². The normalized spacial score (nSPS) is 8.00. The van der Waals surface area contributed by atoms with Gasteiger partial charge in [0.25, 0.3) is 0 Å². The maximum atomic E-state index is 9.10. The number of aliphatic carboxylic acids is 2. The first-order valence-corrected chi connectivity index (χ1v) is 3.72. The van der Waals surface area contributed by atoms with E-state index in [0.717, 1.165) is 5.69 Å². The third-order valence-electron chi connectivity index (χ3n) is 0.726. The minimum atomic E-state index is -1.82. The number of hydrogen-bond acceptors (Lipinski definition) is 4. The van der Waals surface area contributed by atoms with E-state index in [1.807, 2.05) is 16.8 Å². The molecular weight excluding hydrogens is 182 g/mol. The van der Waals surface area contributed by atoms with Crippen LogP contribution in [0.25, 0.3) is 0 Å². The quantitative estimate of drug-likeness (QED) is 0.515. The monoisotopic (exact) mass is 189 g/mol. The van der Waals surface area contributed by atoms with Gasteiger partial charge in [-0.2, -0.15) is 11.3 Å². The summed E-state index contributed by atoms with van der Waals surface area (Å²) in [5, 5.41) is 18.6. The first-order chi connectivity index (χ1) is 5.54. The summed E-state index contributed by atoms with van der Waals surface area (Å²) in [6.07, 6.45) is 0. The summed E-state index contributed by atoms with van der Waals surface area (Å²) in [5.74, 6) is -3.65. The van der Waals surface area contributed by atoms with Crippen molar-refractivity contribution >= 4 is 29.0 Å². The fourth-order valence-electron chi connectivity index (χ4n) is 0.275. The van der Waals surface area contributed by atoms with Gasteiger partial charge in [-0.25, -0.2) is 9.59 Å². The number of thiophene rings is 1. The second kappa shape index (κ2) is 5.14. The van der Waals surface area contributed by atoms with E-state index in [4.69, 9.17) is 25.5 Å². The van der Waals surface area contributed by atoms with Gasteiger partial charge in [-0.1, -0.05) is 0 Å². The molecule has 12 heavy (non-hydrogen) atoms. The van der Waals surface area contributed by atoms with Gasteiger partial charge >= 0.3 is 11.9 Å². The Morgan fingerprint density at radius 3 is 1.92 bits per heavy atom. The molecule has 1 aromatic rings. The van der Waals surface area contributed by atoms with Crippen LogP contribution in [0.3, 0.4) is 0 Å². The minimum absolute atomic E-state index is 0.861. The fraction of sp³-hybridized carbons (Fsp3) is 0. The molecule has 0 unspecified atom stereocenters. The Labute approximate surface area is 72.1 Å². The fourth-order valence-corrected chi connectivity index (χ4v) is 0.825. The van der Waals surface area contributed by atoms with Crippen LogP contribution in [0.15, 0.2) is 16.8 Å². The van der Waals surface area contributed by atoms with Crippen LogP contribution in [0.5, 0.6) is 0 Å². The van der Waals surface area contributed by atoms with Gasteiger partial charge in [0.05, 0.1) is 0 Å². The summed E-state index contributed by atoms with van der Waals surface area (Å²) in [6.45, 7) is 0. The Morgan fingerprint density at radius 1 is 1.33 bits per heavy atom. The van der Waals surface area contributed by atoms with E-state index in [-0.39, 0.29) is 0 Å². The molecule has 5 nitrogen and oxygen atoms in total. The molecule has 1 aromatic heterocycles. The van der Waals surface area contributed by atoms with Crippen molar-refractivity contribution in [1.82, 2.24) is 0 Å². The van der Waals surface area contributed by atoms with E-state index in [1.165, 1.54) is 0 Å². The lowest BCUT2D eigenvalue weighted by Crippen LogP contribution is -2.09. The van der Waals surface area contributed by atoms with Crippen LogP contribution in [0, 0.1) is 0 Å². The van der Waals surface area contributed by atoms with E-state index >= 15 is 0 Å². The number of carbonyl (C=O) groups is 2. The topological polar surface area (TPSA) is 101 Å². The number of nitrogens with two attached hydrogens (primary N) is 1. The molecule has 0 saturated heterocycles. The van der Waals surface area contributed by atoms with E-state index in [9.17, 15) is 0 Å². The van der Waals surface area contributed by atoms with Crippen molar-refractivity contribution in [1.29, 1.82) is 0 Å². The van der Waals surface area contributed by atoms with Crippen molar-refractivity contribution in [2.24, 2.45) is 0 Å². The molecule has 0 amide bonds. The van der Waals surface area contributed by atoms with Crippen LogP contribution in [-0.2, 0) is 9.59 Å². The van der Waals surface area contributed by atoms with E-state index in [0.29, 0.717) is 0 Å². The second-order valence-corrected chi connectivity index (χ2v) is 2.45. The molecule has 0 fully saturated rings. The van der Waals surface area contributed by atoms with Crippen LogP contribution in [0.2, 0.25) is 0 Å². The number of rotatable bonds is 0. The summed E-state index contributed by atoms with van der Waals surface area (Å²) >= 11 is 1.61. The van der Waals surface area contributed by atoms with Gasteiger partial charge in [-0.3, -0.25) is 0 Å². The standard InChI is InChI=1S/C4H5NS.C2H2O4/c5-4-1-2-6-3-4;3-1(4)2(5)6/h1-3H,5H2;(H,3,4)(H,5,6). The molecule has 0 aliphatic rings. The summed E-state index contributed by atoms with van der Waals surface area (Å²) in [7, 11) is 0. The Morgan fingerprint density at radius 2 is 1.83 bits per heavy atom. The smallest absolute Gasteiger partial charge is 0.414 e. The molecule has 4 N–H and O–H groups in total. The molecule has 0 saturated carbocycles. The van der Waals surface area contributed by atoms with Crippen LogP contribution < -0.4 is 5.73 Å². The maximum Gasteiger partial charge on any atom is 0.414 e. The van der Waals surface area contributed by atoms with Crippen LogP contribution >= 0.6 is 11.3 Å². The Balaban J connectivity index is 0.000000202. The molecule has 0 aliphatic heterocycles. The zero-order valence-electron chi connectivity index (χ0n) is 5.93. The maximum absolute atomic E-state index is 9.10. The zero-order valence-corrected chi connectivity index (χ0v) is 6.75. The number of hydrogen-bond donors (Lipinski definition) is 3. The summed E-state index contributed by atoms with van der Waals surface area (Å²) < 4.78 is 0. The molecule has 0 radical (unpaired) electrons. The largest absolute Gasteiger partial charge is 0.473 e. The Hall–Kier alpha value is -1.56. The lowest BCUT2D eigenvalue weighted by Gasteiger charge is -1.72. The number of carboxylic acids is 2. The third-order valence-corrected chi connectivity index (χ3v) is 1.43. The average Bonchev–Trinajstić information content (AvgIpc) is 2.40. The minimum Gasteiger partial charge on any atom is -0.473 e. The van der Waals surface area contributed by atoms with Gasteiger partial charge < -0.3 is 15.9 Å². The molecule has 6 heteroatoms. The second-order valence-electron chi connectivity index (χ2n) is 1.67. The Bertz CT molecular complexity index is 245. The predicted octanol–water partition coefficient (Wildman–Crippen LogP) is 0.486. The molecule has 0 bridgehead atoms. The van der Waals surface area contributed by atoms with Crippen LogP contribution in [0.4, 0.5) is 5.69 Å². The predicted molar refractivity (Wildman–Crippen MR) is 44.0 cm³/mol. The molecule has 0 aliphatic carbocycles. The average molecular weight is 189 g/mol. The first kappa shape index (κ1) is 10.4. The SMILES string of the molecule is Nc1ccsc1.O=C(O)C(=O)O. The molecule has 66 valence electrons. The van der Waals surface area contributed by atoms with Gasteiger partial charge in [0.15, 0.2) is 0 Å². The van der Waals surface area contributed by atoms with Crippen molar-refractivity contribution in [2.45, 2.75) is 0 Å². The highest BCUT2D eigenvalue weighted by Crippen LogP contribution is 2.05. The Kier molecular flexibility index (Phi) is 4.47. The van der Waals surface area contributed by atoms with E-state index in [1.54, 1.807) is 11.3 Å².